The first-order valence-corrected chi connectivity index (χ1v) is 9.40. The fourth-order valence-electron chi connectivity index (χ4n) is 3.64. The topological polar surface area (TPSA) is 79.5 Å². The Morgan fingerprint density at radius 1 is 1.11 bits per heavy atom. The molecule has 7 nitrogen and oxygen atoms in total. The number of likely N-dealkylation sites (tertiary alicyclic amines) is 1. The summed E-state index contributed by atoms with van der Waals surface area (Å²) in [6, 6.07) is 13.3. The number of aromatic amines is 1. The van der Waals surface area contributed by atoms with Gasteiger partial charge in [-0.15, -0.1) is 0 Å². The van der Waals surface area contributed by atoms with Gasteiger partial charge in [-0.1, -0.05) is 12.1 Å². The van der Waals surface area contributed by atoms with Crippen LogP contribution in [0.15, 0.2) is 42.5 Å². The maximum Gasteiger partial charge on any atom is 0.321 e. The van der Waals surface area contributed by atoms with E-state index in [1.165, 1.54) is 0 Å². The molecule has 1 aliphatic rings. The number of urea groups is 1. The zero-order valence-electron chi connectivity index (χ0n) is 16.1. The first-order chi connectivity index (χ1) is 13.7. The molecule has 1 aromatic heterocycles. The number of methoxy groups -OCH3 is 2. The molecule has 0 saturated carbocycles. The van der Waals surface area contributed by atoms with Crippen molar-refractivity contribution in [2.24, 2.45) is 0 Å². The molecule has 1 saturated heterocycles. The summed E-state index contributed by atoms with van der Waals surface area (Å²) in [5.74, 6) is 2.58. The largest absolute Gasteiger partial charge is 0.493 e. The van der Waals surface area contributed by atoms with Gasteiger partial charge in [-0.2, -0.15) is 0 Å². The Morgan fingerprint density at radius 2 is 1.86 bits per heavy atom. The van der Waals surface area contributed by atoms with Crippen LogP contribution < -0.4 is 14.8 Å². The minimum Gasteiger partial charge on any atom is -0.493 e. The first-order valence-electron chi connectivity index (χ1n) is 9.40. The van der Waals surface area contributed by atoms with E-state index in [0.717, 1.165) is 29.7 Å². The van der Waals surface area contributed by atoms with Crippen LogP contribution in [0.2, 0.25) is 0 Å². The monoisotopic (exact) mass is 380 g/mol. The van der Waals surface area contributed by atoms with Crippen molar-refractivity contribution in [2.75, 3.05) is 32.6 Å². The van der Waals surface area contributed by atoms with Gasteiger partial charge in [0.2, 0.25) is 0 Å². The van der Waals surface area contributed by atoms with Crippen LogP contribution in [0.4, 0.5) is 10.5 Å². The van der Waals surface area contributed by atoms with Crippen molar-refractivity contribution in [1.82, 2.24) is 14.9 Å². The number of H-pyrrole nitrogens is 1. The molecule has 28 heavy (non-hydrogen) atoms. The Kier molecular flexibility index (Phi) is 5.06. The Labute approximate surface area is 163 Å². The molecule has 0 bridgehead atoms. The number of anilines is 1. The Balaban J connectivity index is 1.37. The number of para-hydroxylation sites is 2. The van der Waals surface area contributed by atoms with Gasteiger partial charge in [0, 0.05) is 30.8 Å². The summed E-state index contributed by atoms with van der Waals surface area (Å²) in [5.41, 5.74) is 2.74. The molecule has 0 unspecified atom stereocenters. The van der Waals surface area contributed by atoms with Crippen LogP contribution in [-0.2, 0) is 0 Å². The number of ether oxygens (including phenoxy) is 2. The Hall–Kier alpha value is -3.22. The number of imidazole rings is 1. The smallest absolute Gasteiger partial charge is 0.321 e. The van der Waals surface area contributed by atoms with E-state index in [-0.39, 0.29) is 6.03 Å². The number of fused-ring (bicyclic) bond motifs is 1. The highest BCUT2D eigenvalue weighted by Gasteiger charge is 2.26. The fraction of sp³-hybridized carbons (Fsp3) is 0.333. The number of carbonyl (C=O) groups is 1. The summed E-state index contributed by atoms with van der Waals surface area (Å²) >= 11 is 0. The number of rotatable bonds is 4. The third kappa shape index (κ3) is 3.60. The summed E-state index contributed by atoms with van der Waals surface area (Å²) in [7, 11) is 3.16. The van der Waals surface area contributed by atoms with Crippen LogP contribution in [0.25, 0.3) is 11.0 Å². The van der Waals surface area contributed by atoms with Gasteiger partial charge < -0.3 is 24.7 Å². The predicted octanol–water partition coefficient (Wildman–Crippen LogP) is 3.99. The molecule has 2 amide bonds. The number of nitrogens with zero attached hydrogens (tertiary/aromatic N) is 2. The third-order valence-corrected chi connectivity index (χ3v) is 5.21. The molecular weight excluding hydrogens is 356 g/mol. The summed E-state index contributed by atoms with van der Waals surface area (Å²) in [6.45, 7) is 1.39. The van der Waals surface area contributed by atoms with E-state index in [1.807, 2.05) is 29.2 Å². The molecule has 1 fully saturated rings. The molecule has 2 heterocycles. The summed E-state index contributed by atoms with van der Waals surface area (Å²) in [4.78, 5) is 22.6. The van der Waals surface area contributed by atoms with Crippen molar-refractivity contribution >= 4 is 22.8 Å². The number of piperidine rings is 1. The lowest BCUT2D eigenvalue weighted by Gasteiger charge is -2.31. The molecule has 3 aromatic rings. The Morgan fingerprint density at radius 3 is 2.57 bits per heavy atom. The molecule has 0 aliphatic carbocycles. The van der Waals surface area contributed by atoms with Gasteiger partial charge in [0.15, 0.2) is 11.5 Å². The van der Waals surface area contributed by atoms with Gasteiger partial charge in [0.25, 0.3) is 0 Å². The van der Waals surface area contributed by atoms with Gasteiger partial charge in [-0.3, -0.25) is 0 Å². The zero-order chi connectivity index (χ0) is 19.5. The SMILES string of the molecule is COc1ccc(NC(=O)N2CCC(c3nc4ccccc4[nH]3)CC2)cc1OC. The minimum absolute atomic E-state index is 0.102. The second kappa shape index (κ2) is 7.80. The van der Waals surface area contributed by atoms with Gasteiger partial charge in [-0.05, 0) is 37.1 Å². The average Bonchev–Trinajstić information content (AvgIpc) is 3.18. The van der Waals surface area contributed by atoms with E-state index in [4.69, 9.17) is 14.5 Å². The summed E-state index contributed by atoms with van der Waals surface area (Å²) in [6.07, 6.45) is 1.78. The number of carbonyl (C=O) groups excluding carboxylic acids is 1. The van der Waals surface area contributed by atoms with Crippen LogP contribution in [-0.4, -0.2) is 48.2 Å². The van der Waals surface area contributed by atoms with Crippen molar-refractivity contribution in [2.45, 2.75) is 18.8 Å². The molecule has 0 atom stereocenters. The molecular formula is C21H24N4O3. The molecule has 4 rings (SSSR count). The van der Waals surface area contributed by atoms with Gasteiger partial charge in [0.05, 0.1) is 25.3 Å². The number of nitrogens with one attached hydrogen (secondary N) is 2. The highest BCUT2D eigenvalue weighted by molar-refractivity contribution is 5.89. The molecule has 2 aromatic carbocycles. The van der Waals surface area contributed by atoms with Gasteiger partial charge in [-0.25, -0.2) is 9.78 Å². The second-order valence-electron chi connectivity index (χ2n) is 6.90. The normalized spacial score (nSPS) is 14.9. The molecule has 7 heteroatoms. The Bertz CT molecular complexity index is 944. The van der Waals surface area contributed by atoms with E-state index < -0.39 is 0 Å². The molecule has 0 radical (unpaired) electrons. The first kappa shape index (κ1) is 18.2. The van der Waals surface area contributed by atoms with Crippen LogP contribution in [0.1, 0.15) is 24.6 Å². The summed E-state index contributed by atoms with van der Waals surface area (Å²) < 4.78 is 10.5. The van der Waals surface area contributed by atoms with E-state index in [0.29, 0.717) is 36.2 Å². The maximum atomic E-state index is 12.6. The van der Waals surface area contributed by atoms with Crippen molar-refractivity contribution in [3.05, 3.63) is 48.3 Å². The second-order valence-corrected chi connectivity index (χ2v) is 6.90. The fourth-order valence-corrected chi connectivity index (χ4v) is 3.64. The highest BCUT2D eigenvalue weighted by Crippen LogP contribution is 2.31. The van der Waals surface area contributed by atoms with Crippen molar-refractivity contribution in [1.29, 1.82) is 0 Å². The lowest BCUT2D eigenvalue weighted by molar-refractivity contribution is 0.193. The number of hydrogen-bond donors (Lipinski definition) is 2. The van der Waals surface area contributed by atoms with Crippen molar-refractivity contribution < 1.29 is 14.3 Å². The number of benzene rings is 2. The van der Waals surface area contributed by atoms with Crippen LogP contribution in [0, 0.1) is 0 Å². The minimum atomic E-state index is -0.102. The average molecular weight is 380 g/mol. The van der Waals surface area contributed by atoms with Crippen molar-refractivity contribution in [3.8, 4) is 11.5 Å². The quantitative estimate of drug-likeness (QED) is 0.717. The van der Waals surface area contributed by atoms with Crippen LogP contribution in [0.5, 0.6) is 11.5 Å². The van der Waals surface area contributed by atoms with E-state index in [2.05, 4.69) is 10.3 Å². The molecule has 2 N–H and O–H groups in total. The van der Waals surface area contributed by atoms with Crippen molar-refractivity contribution in [3.63, 3.8) is 0 Å². The van der Waals surface area contributed by atoms with Crippen LogP contribution in [0.3, 0.4) is 0 Å². The number of hydrogen-bond acceptors (Lipinski definition) is 4. The van der Waals surface area contributed by atoms with E-state index in [9.17, 15) is 4.79 Å². The lowest BCUT2D eigenvalue weighted by atomic mass is 9.96. The summed E-state index contributed by atoms with van der Waals surface area (Å²) in [5, 5.41) is 2.94. The number of aromatic nitrogens is 2. The van der Waals surface area contributed by atoms with Gasteiger partial charge in [0.1, 0.15) is 5.82 Å². The standard InChI is InChI=1S/C21H24N4O3/c1-27-18-8-7-15(13-19(18)28-2)22-21(26)25-11-9-14(10-12-25)20-23-16-5-3-4-6-17(16)24-20/h3-8,13-14H,9-12H2,1-2H3,(H,22,26)(H,23,24). The third-order valence-electron chi connectivity index (χ3n) is 5.21. The number of amides is 2. The van der Waals surface area contributed by atoms with E-state index in [1.54, 1.807) is 32.4 Å². The maximum absolute atomic E-state index is 12.6. The predicted molar refractivity (Wildman–Crippen MR) is 108 cm³/mol. The highest BCUT2D eigenvalue weighted by atomic mass is 16.5. The van der Waals surface area contributed by atoms with E-state index >= 15 is 0 Å². The van der Waals surface area contributed by atoms with Crippen LogP contribution >= 0.6 is 0 Å². The molecule has 1 aliphatic heterocycles. The molecule has 146 valence electrons. The molecule has 0 spiro atoms. The lowest BCUT2D eigenvalue weighted by Crippen LogP contribution is -2.40. The van der Waals surface area contributed by atoms with Gasteiger partial charge >= 0.3 is 6.03 Å². The zero-order valence-corrected chi connectivity index (χ0v) is 16.1.